The maximum absolute atomic E-state index is 11.6. The standard InChI is InChI=1S/C15H20O4/c1-9-4-3-5-11(8-16)7-13-14(12(17)6-9)10(2)15(18)19-13/h4,7,12-14,16-17H,2-3,5-6,8H2,1H3/t12-,13+,14+/m0/s1. The Balaban J connectivity index is 2.34. The van der Waals surface area contributed by atoms with Crippen LogP contribution in [-0.4, -0.2) is 35.0 Å². The van der Waals surface area contributed by atoms with E-state index in [2.05, 4.69) is 12.7 Å². The average molecular weight is 264 g/mol. The van der Waals surface area contributed by atoms with Crippen molar-refractivity contribution >= 4 is 5.97 Å². The Morgan fingerprint density at radius 2 is 2.26 bits per heavy atom. The van der Waals surface area contributed by atoms with Crippen LogP contribution in [-0.2, 0) is 9.53 Å². The topological polar surface area (TPSA) is 66.8 Å². The van der Waals surface area contributed by atoms with Crippen LogP contribution in [0.25, 0.3) is 0 Å². The van der Waals surface area contributed by atoms with Crippen molar-refractivity contribution in [2.24, 2.45) is 5.92 Å². The van der Waals surface area contributed by atoms with Gasteiger partial charge in [-0.05, 0) is 37.8 Å². The summed E-state index contributed by atoms with van der Waals surface area (Å²) in [4.78, 5) is 11.6. The zero-order valence-corrected chi connectivity index (χ0v) is 11.1. The summed E-state index contributed by atoms with van der Waals surface area (Å²) in [6.07, 6.45) is 4.69. The second kappa shape index (κ2) is 5.72. The minimum Gasteiger partial charge on any atom is -0.454 e. The molecule has 1 fully saturated rings. The van der Waals surface area contributed by atoms with Gasteiger partial charge in [0.2, 0.25) is 0 Å². The van der Waals surface area contributed by atoms with Gasteiger partial charge in [0, 0.05) is 5.57 Å². The molecule has 0 saturated carbocycles. The third kappa shape index (κ3) is 2.96. The molecular formula is C15H20O4. The number of fused-ring (bicyclic) bond motifs is 1. The molecule has 1 heterocycles. The van der Waals surface area contributed by atoms with E-state index in [0.29, 0.717) is 12.0 Å². The number of carbonyl (C=O) groups is 1. The third-order valence-electron chi connectivity index (χ3n) is 3.77. The van der Waals surface area contributed by atoms with E-state index in [9.17, 15) is 15.0 Å². The van der Waals surface area contributed by atoms with Crippen LogP contribution in [0.1, 0.15) is 26.2 Å². The number of hydrogen-bond acceptors (Lipinski definition) is 4. The third-order valence-corrected chi connectivity index (χ3v) is 3.77. The fourth-order valence-corrected chi connectivity index (χ4v) is 2.69. The summed E-state index contributed by atoms with van der Waals surface area (Å²) < 4.78 is 5.24. The van der Waals surface area contributed by atoms with Gasteiger partial charge in [-0.2, -0.15) is 0 Å². The van der Waals surface area contributed by atoms with E-state index < -0.39 is 24.1 Å². The molecule has 1 aliphatic heterocycles. The summed E-state index contributed by atoms with van der Waals surface area (Å²) in [6, 6.07) is 0. The lowest BCUT2D eigenvalue weighted by atomic mass is 9.85. The summed E-state index contributed by atoms with van der Waals surface area (Å²) in [5.74, 6) is -0.876. The smallest absolute Gasteiger partial charge is 0.334 e. The summed E-state index contributed by atoms with van der Waals surface area (Å²) in [5, 5.41) is 19.6. The van der Waals surface area contributed by atoms with Gasteiger partial charge in [0.05, 0.1) is 18.6 Å². The highest BCUT2D eigenvalue weighted by atomic mass is 16.6. The van der Waals surface area contributed by atoms with Crippen LogP contribution in [0.4, 0.5) is 0 Å². The molecule has 0 spiro atoms. The Kier molecular flexibility index (Phi) is 4.22. The predicted octanol–water partition coefficient (Wildman–Crippen LogP) is 1.49. The fourth-order valence-electron chi connectivity index (χ4n) is 2.69. The van der Waals surface area contributed by atoms with Gasteiger partial charge in [-0.1, -0.05) is 18.2 Å². The monoisotopic (exact) mass is 264 g/mol. The van der Waals surface area contributed by atoms with Crippen molar-refractivity contribution < 1.29 is 19.7 Å². The quantitative estimate of drug-likeness (QED) is 0.428. The van der Waals surface area contributed by atoms with Crippen molar-refractivity contribution in [1.29, 1.82) is 0 Å². The zero-order valence-electron chi connectivity index (χ0n) is 11.1. The summed E-state index contributed by atoms with van der Waals surface area (Å²) in [5.41, 5.74) is 2.23. The predicted molar refractivity (Wildman–Crippen MR) is 71.3 cm³/mol. The van der Waals surface area contributed by atoms with Gasteiger partial charge in [-0.3, -0.25) is 0 Å². The number of esters is 1. The maximum Gasteiger partial charge on any atom is 0.334 e. The minimum atomic E-state index is -0.686. The molecular weight excluding hydrogens is 244 g/mol. The van der Waals surface area contributed by atoms with E-state index in [-0.39, 0.29) is 6.61 Å². The van der Waals surface area contributed by atoms with Crippen LogP contribution >= 0.6 is 0 Å². The highest BCUT2D eigenvalue weighted by Crippen LogP contribution is 2.34. The molecule has 3 atom stereocenters. The van der Waals surface area contributed by atoms with Gasteiger partial charge >= 0.3 is 5.97 Å². The maximum atomic E-state index is 11.6. The van der Waals surface area contributed by atoms with Gasteiger partial charge in [-0.15, -0.1) is 0 Å². The molecule has 4 heteroatoms. The Hall–Kier alpha value is -1.39. The fraction of sp³-hybridized carbons (Fsp3) is 0.533. The average Bonchev–Trinajstić information content (AvgIpc) is 2.63. The number of ether oxygens (including phenoxy) is 1. The van der Waals surface area contributed by atoms with E-state index in [1.54, 1.807) is 6.08 Å². The Morgan fingerprint density at radius 3 is 2.95 bits per heavy atom. The zero-order chi connectivity index (χ0) is 14.0. The van der Waals surface area contributed by atoms with Crippen LogP contribution in [0.15, 0.2) is 35.5 Å². The summed E-state index contributed by atoms with van der Waals surface area (Å²) >= 11 is 0. The first-order chi connectivity index (χ1) is 9.02. The summed E-state index contributed by atoms with van der Waals surface area (Å²) in [7, 11) is 0. The Morgan fingerprint density at radius 1 is 1.53 bits per heavy atom. The first kappa shape index (κ1) is 14.0. The number of rotatable bonds is 1. The summed E-state index contributed by atoms with van der Waals surface area (Å²) in [6.45, 7) is 5.63. The van der Waals surface area contributed by atoms with Crippen molar-refractivity contribution in [2.75, 3.05) is 6.61 Å². The van der Waals surface area contributed by atoms with Gasteiger partial charge < -0.3 is 14.9 Å². The van der Waals surface area contributed by atoms with Crippen molar-refractivity contribution in [3.05, 3.63) is 35.5 Å². The Labute approximate surface area is 113 Å². The van der Waals surface area contributed by atoms with E-state index in [4.69, 9.17) is 4.74 Å². The lowest BCUT2D eigenvalue weighted by molar-refractivity contribution is -0.137. The molecule has 104 valence electrons. The molecule has 2 rings (SSSR count). The van der Waals surface area contributed by atoms with Gasteiger partial charge in [0.25, 0.3) is 0 Å². The first-order valence-electron chi connectivity index (χ1n) is 6.57. The Bertz CT molecular complexity index is 447. The van der Waals surface area contributed by atoms with Gasteiger partial charge in [0.1, 0.15) is 6.10 Å². The molecule has 1 aliphatic carbocycles. The van der Waals surface area contributed by atoms with E-state index in [1.807, 2.05) is 6.92 Å². The van der Waals surface area contributed by atoms with Gasteiger partial charge in [0.15, 0.2) is 0 Å². The van der Waals surface area contributed by atoms with E-state index in [0.717, 1.165) is 24.0 Å². The molecule has 2 N–H and O–H groups in total. The molecule has 0 aromatic carbocycles. The van der Waals surface area contributed by atoms with Crippen LogP contribution < -0.4 is 0 Å². The number of aliphatic hydroxyl groups excluding tert-OH is 2. The molecule has 2 aliphatic rings. The van der Waals surface area contributed by atoms with E-state index >= 15 is 0 Å². The van der Waals surface area contributed by atoms with Crippen molar-refractivity contribution in [2.45, 2.75) is 38.4 Å². The van der Waals surface area contributed by atoms with Crippen LogP contribution in [0.3, 0.4) is 0 Å². The number of allylic oxidation sites excluding steroid dienone is 1. The van der Waals surface area contributed by atoms with Crippen LogP contribution in [0.2, 0.25) is 0 Å². The molecule has 0 radical (unpaired) electrons. The molecule has 19 heavy (non-hydrogen) atoms. The van der Waals surface area contributed by atoms with Crippen LogP contribution in [0, 0.1) is 5.92 Å². The number of carbonyl (C=O) groups excluding carboxylic acids is 1. The van der Waals surface area contributed by atoms with Crippen molar-refractivity contribution in [1.82, 2.24) is 0 Å². The number of aliphatic hydroxyl groups is 2. The second-order valence-corrected chi connectivity index (χ2v) is 5.26. The molecule has 0 amide bonds. The van der Waals surface area contributed by atoms with Crippen molar-refractivity contribution in [3.63, 3.8) is 0 Å². The van der Waals surface area contributed by atoms with Crippen LogP contribution in [0.5, 0.6) is 0 Å². The first-order valence-corrected chi connectivity index (χ1v) is 6.57. The molecule has 0 aromatic heterocycles. The molecule has 4 nitrogen and oxygen atoms in total. The molecule has 0 aromatic rings. The normalized spacial score (nSPS) is 32.3. The highest BCUT2D eigenvalue weighted by Gasteiger charge is 2.41. The second-order valence-electron chi connectivity index (χ2n) is 5.26. The lowest BCUT2D eigenvalue weighted by Gasteiger charge is -2.23. The SMILES string of the molecule is C=C1C(=O)O[C@@H]2C=C(CO)CCC=C(C)C[C@H](O)[C@@H]12. The molecule has 0 bridgehead atoms. The minimum absolute atomic E-state index is 0.0593. The van der Waals surface area contributed by atoms with Crippen molar-refractivity contribution in [3.8, 4) is 0 Å². The van der Waals surface area contributed by atoms with Gasteiger partial charge in [-0.25, -0.2) is 4.79 Å². The lowest BCUT2D eigenvalue weighted by Crippen LogP contribution is -2.29. The largest absolute Gasteiger partial charge is 0.454 e. The van der Waals surface area contributed by atoms with E-state index in [1.165, 1.54) is 0 Å². The molecule has 0 unspecified atom stereocenters. The molecule has 1 saturated heterocycles. The number of hydrogen-bond donors (Lipinski definition) is 2. The highest BCUT2D eigenvalue weighted by molar-refractivity contribution is 5.91.